The maximum atomic E-state index is 13.6. The zero-order chi connectivity index (χ0) is 24.2. The lowest BCUT2D eigenvalue weighted by molar-refractivity contribution is -0.113. The molecule has 0 aromatic heterocycles. The van der Waals surface area contributed by atoms with Gasteiger partial charge in [-0.15, -0.1) is 10.2 Å². The summed E-state index contributed by atoms with van der Waals surface area (Å²) in [4.78, 5) is 30.7. The lowest BCUT2D eigenvalue weighted by atomic mass is 9.89. The van der Waals surface area contributed by atoms with Gasteiger partial charge in [0, 0.05) is 22.3 Å². The number of carbonyl (C=O) groups is 2. The SMILES string of the molecule is CC1=CC(C)(C)N2C(=O)/C(=N\N=C3\C(=O)N4c5c(cccc53)C(C)=CC4(C)C)c3cccc1c32. The Balaban J connectivity index is 1.52. The Kier molecular flexibility index (Phi) is 3.92. The van der Waals surface area contributed by atoms with Crippen LogP contribution in [0, 0.1) is 0 Å². The van der Waals surface area contributed by atoms with Crippen LogP contribution < -0.4 is 9.80 Å². The predicted molar refractivity (Wildman–Crippen MR) is 136 cm³/mol. The number of carbonyl (C=O) groups excluding carboxylic acids is 2. The second kappa shape index (κ2) is 6.41. The van der Waals surface area contributed by atoms with Crippen molar-refractivity contribution in [1.82, 2.24) is 0 Å². The molecular formula is C28H26N4O2. The number of amides is 2. The molecular weight excluding hydrogens is 424 g/mol. The van der Waals surface area contributed by atoms with Crippen LogP contribution in [0.2, 0.25) is 0 Å². The van der Waals surface area contributed by atoms with Gasteiger partial charge in [0.1, 0.15) is 0 Å². The number of allylic oxidation sites excluding steroid dienone is 2. The van der Waals surface area contributed by atoms with E-state index in [0.717, 1.165) is 44.8 Å². The van der Waals surface area contributed by atoms with Gasteiger partial charge in [-0.1, -0.05) is 48.6 Å². The van der Waals surface area contributed by atoms with Crippen molar-refractivity contribution >= 4 is 45.8 Å². The van der Waals surface area contributed by atoms with Gasteiger partial charge in [0.2, 0.25) is 0 Å². The van der Waals surface area contributed by atoms with Crippen molar-refractivity contribution in [3.05, 3.63) is 70.8 Å². The molecule has 6 rings (SSSR count). The van der Waals surface area contributed by atoms with Gasteiger partial charge in [-0.05, 0) is 52.7 Å². The Morgan fingerprint density at radius 3 is 1.35 bits per heavy atom. The smallest absolute Gasteiger partial charge is 0.280 e. The van der Waals surface area contributed by atoms with E-state index in [1.54, 1.807) is 9.80 Å². The van der Waals surface area contributed by atoms with Crippen molar-refractivity contribution in [2.24, 2.45) is 10.2 Å². The number of para-hydroxylation sites is 2. The molecule has 6 heteroatoms. The van der Waals surface area contributed by atoms with E-state index in [9.17, 15) is 9.59 Å². The third-order valence-corrected chi connectivity index (χ3v) is 7.23. The van der Waals surface area contributed by atoms with E-state index in [0.29, 0.717) is 0 Å². The summed E-state index contributed by atoms with van der Waals surface area (Å²) in [5.41, 5.74) is 7.14. The van der Waals surface area contributed by atoms with E-state index in [-0.39, 0.29) is 23.2 Å². The van der Waals surface area contributed by atoms with Crippen molar-refractivity contribution in [3.63, 3.8) is 0 Å². The molecule has 2 amide bonds. The van der Waals surface area contributed by atoms with Crippen molar-refractivity contribution < 1.29 is 9.59 Å². The molecule has 6 nitrogen and oxygen atoms in total. The fraction of sp³-hybridized carbons (Fsp3) is 0.286. The third kappa shape index (κ3) is 2.51. The van der Waals surface area contributed by atoms with E-state index >= 15 is 0 Å². The Hall–Kier alpha value is -3.80. The minimum atomic E-state index is -0.484. The molecule has 0 fully saturated rings. The first-order valence-corrected chi connectivity index (χ1v) is 11.5. The zero-order valence-electron chi connectivity index (χ0n) is 20.2. The number of rotatable bonds is 1. The normalized spacial score (nSPS) is 23.4. The van der Waals surface area contributed by atoms with Crippen molar-refractivity contribution in [2.45, 2.75) is 52.6 Å². The van der Waals surface area contributed by atoms with Crippen molar-refractivity contribution in [2.75, 3.05) is 9.80 Å². The van der Waals surface area contributed by atoms with E-state index in [1.807, 2.05) is 64.1 Å². The standard InChI is InChI=1S/C28H26N4O2/c1-15-13-27(3,4)31-23-17(15)9-7-11-19(23)21(25(31)33)29-30-22-20-12-8-10-18-16(2)14-28(5,6)32(24(18)20)26(22)34/h7-14H,1-6H3/b29-21-,30-22+. The molecule has 4 aliphatic heterocycles. The summed E-state index contributed by atoms with van der Waals surface area (Å²) in [6.07, 6.45) is 4.21. The maximum Gasteiger partial charge on any atom is 0.280 e. The Bertz CT molecular complexity index is 1360. The number of nitrogens with zero attached hydrogens (tertiary/aromatic N) is 4. The van der Waals surface area contributed by atoms with E-state index in [4.69, 9.17) is 0 Å². The lowest BCUT2D eigenvalue weighted by Gasteiger charge is -2.38. The molecule has 0 spiro atoms. The van der Waals surface area contributed by atoms with Gasteiger partial charge in [-0.3, -0.25) is 19.4 Å². The van der Waals surface area contributed by atoms with Gasteiger partial charge >= 0.3 is 0 Å². The molecule has 0 aliphatic carbocycles. The summed E-state index contributed by atoms with van der Waals surface area (Å²) < 4.78 is 0. The van der Waals surface area contributed by atoms with E-state index in [1.165, 1.54) is 0 Å². The number of hydrogen-bond acceptors (Lipinski definition) is 4. The molecule has 4 heterocycles. The highest BCUT2D eigenvalue weighted by Gasteiger charge is 2.47. The van der Waals surface area contributed by atoms with Gasteiger partial charge in [-0.2, -0.15) is 0 Å². The van der Waals surface area contributed by atoms with Crippen LogP contribution in [0.15, 0.2) is 58.8 Å². The third-order valence-electron chi connectivity index (χ3n) is 7.23. The lowest BCUT2D eigenvalue weighted by Crippen LogP contribution is -2.48. The maximum absolute atomic E-state index is 13.6. The number of benzene rings is 2. The van der Waals surface area contributed by atoms with Crippen molar-refractivity contribution in [3.8, 4) is 0 Å². The molecule has 2 aromatic carbocycles. The Labute approximate surface area is 199 Å². The van der Waals surface area contributed by atoms with Crippen LogP contribution in [-0.4, -0.2) is 34.3 Å². The second-order valence-corrected chi connectivity index (χ2v) is 10.5. The van der Waals surface area contributed by atoms with Gasteiger partial charge in [0.25, 0.3) is 11.8 Å². The molecule has 0 N–H and O–H groups in total. The van der Waals surface area contributed by atoms with Gasteiger partial charge in [0.15, 0.2) is 11.4 Å². The first kappa shape index (κ1) is 20.8. The van der Waals surface area contributed by atoms with Gasteiger partial charge < -0.3 is 0 Å². The molecule has 0 bridgehead atoms. The van der Waals surface area contributed by atoms with Crippen LogP contribution >= 0.6 is 0 Å². The summed E-state index contributed by atoms with van der Waals surface area (Å²) in [7, 11) is 0. The fourth-order valence-corrected chi connectivity index (χ4v) is 5.97. The summed E-state index contributed by atoms with van der Waals surface area (Å²) in [6, 6.07) is 11.7. The van der Waals surface area contributed by atoms with Crippen LogP contribution in [0.3, 0.4) is 0 Å². The summed E-state index contributed by atoms with van der Waals surface area (Å²) in [5.74, 6) is -0.391. The first-order chi connectivity index (χ1) is 16.0. The quantitative estimate of drug-likeness (QED) is 0.576. The highest BCUT2D eigenvalue weighted by molar-refractivity contribution is 6.57. The van der Waals surface area contributed by atoms with Crippen LogP contribution in [0.5, 0.6) is 0 Å². The largest absolute Gasteiger partial charge is 0.297 e. The number of hydrogen-bond donors (Lipinski definition) is 0. The average molecular weight is 451 g/mol. The molecule has 0 atom stereocenters. The first-order valence-electron chi connectivity index (χ1n) is 11.5. The Morgan fingerprint density at radius 2 is 0.971 bits per heavy atom. The van der Waals surface area contributed by atoms with Crippen LogP contribution in [0.25, 0.3) is 11.1 Å². The zero-order valence-corrected chi connectivity index (χ0v) is 20.2. The Morgan fingerprint density at radius 1 is 0.618 bits per heavy atom. The minimum Gasteiger partial charge on any atom is -0.297 e. The average Bonchev–Trinajstić information content (AvgIpc) is 3.21. The van der Waals surface area contributed by atoms with Gasteiger partial charge in [-0.25, -0.2) is 0 Å². The monoisotopic (exact) mass is 450 g/mol. The molecule has 2 aromatic rings. The highest BCUT2D eigenvalue weighted by Crippen LogP contribution is 2.47. The minimum absolute atomic E-state index is 0.195. The van der Waals surface area contributed by atoms with Crippen molar-refractivity contribution in [1.29, 1.82) is 0 Å². The van der Waals surface area contributed by atoms with Crippen LogP contribution in [-0.2, 0) is 9.59 Å². The molecule has 170 valence electrons. The number of anilines is 2. The summed E-state index contributed by atoms with van der Waals surface area (Å²) >= 11 is 0. The molecule has 0 radical (unpaired) electrons. The van der Waals surface area contributed by atoms with Crippen LogP contribution in [0.4, 0.5) is 11.4 Å². The molecule has 4 aliphatic rings. The molecule has 0 unspecified atom stereocenters. The second-order valence-electron chi connectivity index (χ2n) is 10.5. The summed E-state index contributed by atoms with van der Waals surface area (Å²) in [6.45, 7) is 12.2. The predicted octanol–water partition coefficient (Wildman–Crippen LogP) is 4.96. The molecule has 0 saturated heterocycles. The highest BCUT2D eigenvalue weighted by atomic mass is 16.2. The summed E-state index contributed by atoms with van der Waals surface area (Å²) in [5, 5.41) is 8.89. The molecule has 0 saturated carbocycles. The fourth-order valence-electron chi connectivity index (χ4n) is 5.97. The topological polar surface area (TPSA) is 65.3 Å². The van der Waals surface area contributed by atoms with E-state index in [2.05, 4.69) is 36.2 Å². The molecule has 34 heavy (non-hydrogen) atoms. The van der Waals surface area contributed by atoms with Gasteiger partial charge in [0.05, 0.1) is 22.5 Å². The van der Waals surface area contributed by atoms with E-state index < -0.39 is 11.1 Å². The van der Waals surface area contributed by atoms with Crippen LogP contribution in [0.1, 0.15) is 63.8 Å².